The van der Waals surface area contributed by atoms with Crippen molar-refractivity contribution in [3.8, 4) is 0 Å². The minimum atomic E-state index is -1.00. The molecule has 6 nitrogen and oxygen atoms in total. The standard InChI is InChI=1S/C16H17N3O3S/c1-9-8-12(23-14(9)16(21)22)15(20)18-7-5-13-17-6-4-11(19-13)10-2-3-10/h4,6,8,10H,2-3,5,7H2,1H3,(H,18,20)(H,21,22). The summed E-state index contributed by atoms with van der Waals surface area (Å²) in [4.78, 5) is 32.4. The number of nitrogens with zero attached hydrogens (tertiary/aromatic N) is 2. The molecule has 0 aromatic carbocycles. The SMILES string of the molecule is Cc1cc(C(=O)NCCc2nccc(C3CC3)n2)sc1C(=O)O. The van der Waals surface area contributed by atoms with Crippen molar-refractivity contribution in [2.24, 2.45) is 0 Å². The Kier molecular flexibility index (Phi) is 4.38. The number of thiophene rings is 1. The molecule has 0 radical (unpaired) electrons. The van der Waals surface area contributed by atoms with E-state index in [4.69, 9.17) is 5.11 Å². The number of aryl methyl sites for hydroxylation is 1. The van der Waals surface area contributed by atoms with Gasteiger partial charge in [0.1, 0.15) is 10.7 Å². The van der Waals surface area contributed by atoms with E-state index in [1.54, 1.807) is 19.2 Å². The lowest BCUT2D eigenvalue weighted by atomic mass is 10.2. The molecule has 23 heavy (non-hydrogen) atoms. The van der Waals surface area contributed by atoms with E-state index < -0.39 is 5.97 Å². The van der Waals surface area contributed by atoms with Gasteiger partial charge in [0.2, 0.25) is 0 Å². The molecule has 1 saturated carbocycles. The monoisotopic (exact) mass is 331 g/mol. The number of nitrogens with one attached hydrogen (secondary N) is 1. The second kappa shape index (κ2) is 6.45. The Hall–Kier alpha value is -2.28. The second-order valence-corrected chi connectivity index (χ2v) is 6.66. The lowest BCUT2D eigenvalue weighted by Crippen LogP contribution is -2.25. The highest BCUT2D eigenvalue weighted by Gasteiger charge is 2.25. The first-order valence-electron chi connectivity index (χ1n) is 7.48. The predicted octanol–water partition coefficient (Wildman–Crippen LogP) is 2.39. The van der Waals surface area contributed by atoms with Gasteiger partial charge in [-0.1, -0.05) is 0 Å². The zero-order valence-corrected chi connectivity index (χ0v) is 13.5. The van der Waals surface area contributed by atoms with Crippen LogP contribution in [-0.2, 0) is 6.42 Å². The highest BCUT2D eigenvalue weighted by atomic mass is 32.1. The average Bonchev–Trinajstić information content (AvgIpc) is 3.29. The van der Waals surface area contributed by atoms with Crippen LogP contribution in [0.1, 0.15) is 55.2 Å². The quantitative estimate of drug-likeness (QED) is 0.848. The van der Waals surface area contributed by atoms with Gasteiger partial charge in [0.15, 0.2) is 0 Å². The van der Waals surface area contributed by atoms with E-state index in [9.17, 15) is 9.59 Å². The molecule has 2 aromatic heterocycles. The van der Waals surface area contributed by atoms with E-state index in [1.165, 1.54) is 12.8 Å². The van der Waals surface area contributed by atoms with Gasteiger partial charge >= 0.3 is 5.97 Å². The molecule has 1 amide bonds. The maximum Gasteiger partial charge on any atom is 0.346 e. The molecule has 3 rings (SSSR count). The van der Waals surface area contributed by atoms with E-state index in [2.05, 4.69) is 15.3 Å². The lowest BCUT2D eigenvalue weighted by molar-refractivity contribution is 0.0701. The average molecular weight is 331 g/mol. The van der Waals surface area contributed by atoms with E-state index in [-0.39, 0.29) is 10.8 Å². The fraction of sp³-hybridized carbons (Fsp3) is 0.375. The fourth-order valence-electron chi connectivity index (χ4n) is 2.32. The summed E-state index contributed by atoms with van der Waals surface area (Å²) in [5.41, 5.74) is 1.69. The smallest absolute Gasteiger partial charge is 0.346 e. The van der Waals surface area contributed by atoms with Gasteiger partial charge in [0.05, 0.1) is 4.88 Å². The number of aromatic carboxylic acids is 1. The Labute approximate surface area is 137 Å². The normalized spacial score (nSPS) is 13.8. The van der Waals surface area contributed by atoms with Gasteiger partial charge in [-0.15, -0.1) is 11.3 Å². The highest BCUT2D eigenvalue weighted by molar-refractivity contribution is 7.16. The third kappa shape index (κ3) is 3.73. The van der Waals surface area contributed by atoms with Crippen molar-refractivity contribution in [2.45, 2.75) is 32.1 Å². The third-order valence-corrected chi connectivity index (χ3v) is 4.92. The molecule has 0 atom stereocenters. The molecule has 0 spiro atoms. The number of carboxylic acid groups (broad SMARTS) is 1. The molecule has 1 aliphatic rings. The molecule has 120 valence electrons. The summed E-state index contributed by atoms with van der Waals surface area (Å²) < 4.78 is 0. The molecule has 2 aromatic rings. The number of hydrogen-bond donors (Lipinski definition) is 2. The summed E-state index contributed by atoms with van der Waals surface area (Å²) in [6.45, 7) is 2.11. The van der Waals surface area contributed by atoms with Crippen molar-refractivity contribution in [1.82, 2.24) is 15.3 Å². The highest BCUT2D eigenvalue weighted by Crippen LogP contribution is 2.38. The van der Waals surface area contributed by atoms with E-state index >= 15 is 0 Å². The number of hydrogen-bond acceptors (Lipinski definition) is 5. The summed E-state index contributed by atoms with van der Waals surface area (Å²) in [7, 11) is 0. The minimum Gasteiger partial charge on any atom is -0.477 e. The topological polar surface area (TPSA) is 92.2 Å². The number of carbonyl (C=O) groups is 2. The molecule has 7 heteroatoms. The molecule has 0 bridgehead atoms. The van der Waals surface area contributed by atoms with E-state index in [0.717, 1.165) is 22.9 Å². The Bertz CT molecular complexity index is 753. The largest absolute Gasteiger partial charge is 0.477 e. The van der Waals surface area contributed by atoms with E-state index in [1.807, 2.05) is 6.07 Å². The first-order chi connectivity index (χ1) is 11.0. The van der Waals surface area contributed by atoms with Crippen molar-refractivity contribution < 1.29 is 14.7 Å². The van der Waals surface area contributed by atoms with Crippen LogP contribution in [0.5, 0.6) is 0 Å². The molecule has 2 heterocycles. The molecule has 1 fully saturated rings. The van der Waals surface area contributed by atoms with Crippen LogP contribution < -0.4 is 5.32 Å². The number of carbonyl (C=O) groups excluding carboxylic acids is 1. The van der Waals surface area contributed by atoms with E-state index in [0.29, 0.717) is 29.3 Å². The van der Waals surface area contributed by atoms with Crippen LogP contribution in [0.15, 0.2) is 18.3 Å². The predicted molar refractivity (Wildman–Crippen MR) is 86.1 cm³/mol. The molecule has 0 saturated heterocycles. The van der Waals surface area contributed by atoms with Crippen molar-refractivity contribution >= 4 is 23.2 Å². The maximum absolute atomic E-state index is 12.1. The minimum absolute atomic E-state index is 0.204. The number of amides is 1. The van der Waals surface area contributed by atoms with Crippen molar-refractivity contribution in [3.63, 3.8) is 0 Å². The number of rotatable bonds is 6. The molecule has 1 aliphatic carbocycles. The Morgan fingerprint density at radius 2 is 2.22 bits per heavy atom. The first kappa shape index (κ1) is 15.6. The zero-order valence-electron chi connectivity index (χ0n) is 12.7. The number of aromatic nitrogens is 2. The molecular formula is C16H17N3O3S. The molecule has 0 unspecified atom stereocenters. The van der Waals surface area contributed by atoms with Crippen LogP contribution in [0.3, 0.4) is 0 Å². The van der Waals surface area contributed by atoms with Gasteiger partial charge in [-0.3, -0.25) is 4.79 Å². The second-order valence-electron chi connectivity index (χ2n) is 5.61. The number of carboxylic acids is 1. The van der Waals surface area contributed by atoms with Crippen LogP contribution in [-0.4, -0.2) is 33.5 Å². The van der Waals surface area contributed by atoms with Crippen LogP contribution in [0.25, 0.3) is 0 Å². The summed E-state index contributed by atoms with van der Waals surface area (Å²) in [5, 5.41) is 11.8. The Morgan fingerprint density at radius 3 is 2.87 bits per heavy atom. The van der Waals surface area contributed by atoms with Crippen LogP contribution >= 0.6 is 11.3 Å². The van der Waals surface area contributed by atoms with Gasteiger partial charge in [-0.2, -0.15) is 0 Å². The summed E-state index contributed by atoms with van der Waals surface area (Å²) in [6, 6.07) is 3.55. The Balaban J connectivity index is 1.56. The molecule has 0 aliphatic heterocycles. The summed E-state index contributed by atoms with van der Waals surface area (Å²) >= 11 is 0.994. The van der Waals surface area contributed by atoms with Crippen molar-refractivity contribution in [2.75, 3.05) is 6.54 Å². The third-order valence-electron chi connectivity index (χ3n) is 3.69. The molecule has 2 N–H and O–H groups in total. The fourth-order valence-corrected chi connectivity index (χ4v) is 3.25. The van der Waals surface area contributed by atoms with Gasteiger partial charge in [-0.25, -0.2) is 14.8 Å². The lowest BCUT2D eigenvalue weighted by Gasteiger charge is -2.04. The Morgan fingerprint density at radius 1 is 1.43 bits per heavy atom. The van der Waals surface area contributed by atoms with Gasteiger partial charge in [0.25, 0.3) is 5.91 Å². The zero-order chi connectivity index (χ0) is 16.4. The van der Waals surface area contributed by atoms with Gasteiger partial charge in [0, 0.05) is 30.8 Å². The first-order valence-corrected chi connectivity index (χ1v) is 8.30. The van der Waals surface area contributed by atoms with Crippen molar-refractivity contribution in [3.05, 3.63) is 45.2 Å². The summed E-state index contributed by atoms with van der Waals surface area (Å²) in [6.07, 6.45) is 4.70. The van der Waals surface area contributed by atoms with Crippen LogP contribution in [0.4, 0.5) is 0 Å². The molecular weight excluding hydrogens is 314 g/mol. The van der Waals surface area contributed by atoms with Crippen LogP contribution in [0, 0.1) is 6.92 Å². The van der Waals surface area contributed by atoms with Crippen LogP contribution in [0.2, 0.25) is 0 Å². The van der Waals surface area contributed by atoms with Crippen molar-refractivity contribution in [1.29, 1.82) is 0 Å². The maximum atomic E-state index is 12.1. The van der Waals surface area contributed by atoms with Gasteiger partial charge < -0.3 is 10.4 Å². The van der Waals surface area contributed by atoms with Gasteiger partial charge in [-0.05, 0) is 37.5 Å². The summed E-state index contributed by atoms with van der Waals surface area (Å²) in [5.74, 6) is 0.0407.